The number of aryl methyl sites for hydroxylation is 2. The number of nitrogens with zero attached hydrogens (tertiary/aromatic N) is 3. The molecule has 0 spiro atoms. The SMILES string of the molecule is O=C1CC(c2nc3ccccc3n2CCc2ccccc2)CN1c1ccccc1F. The van der Waals surface area contributed by atoms with E-state index < -0.39 is 0 Å². The second-order valence-corrected chi connectivity index (χ2v) is 7.70. The van der Waals surface area contributed by atoms with Crippen molar-refractivity contribution in [3.8, 4) is 0 Å². The van der Waals surface area contributed by atoms with E-state index in [9.17, 15) is 9.18 Å². The average molecular weight is 399 g/mol. The van der Waals surface area contributed by atoms with Gasteiger partial charge in [0.1, 0.15) is 11.6 Å². The fourth-order valence-electron chi connectivity index (χ4n) is 4.31. The van der Waals surface area contributed by atoms with E-state index in [2.05, 4.69) is 22.8 Å². The van der Waals surface area contributed by atoms with E-state index in [1.807, 2.05) is 36.4 Å². The summed E-state index contributed by atoms with van der Waals surface area (Å²) in [5.41, 5.74) is 3.60. The minimum absolute atomic E-state index is 0.0632. The summed E-state index contributed by atoms with van der Waals surface area (Å²) in [6.45, 7) is 1.22. The maximum Gasteiger partial charge on any atom is 0.227 e. The number of amides is 1. The molecular formula is C25H22FN3O. The molecule has 0 N–H and O–H groups in total. The first-order valence-electron chi connectivity index (χ1n) is 10.2. The van der Waals surface area contributed by atoms with E-state index in [0.29, 0.717) is 18.7 Å². The minimum Gasteiger partial charge on any atom is -0.327 e. The monoisotopic (exact) mass is 399 g/mol. The molecule has 0 radical (unpaired) electrons. The molecule has 4 nitrogen and oxygen atoms in total. The number of anilines is 1. The fraction of sp³-hybridized carbons (Fsp3) is 0.200. The Kier molecular flexibility index (Phi) is 4.79. The van der Waals surface area contributed by atoms with Gasteiger partial charge in [-0.1, -0.05) is 54.6 Å². The summed E-state index contributed by atoms with van der Waals surface area (Å²) in [5.74, 6) is 0.399. The van der Waals surface area contributed by atoms with Gasteiger partial charge in [0.25, 0.3) is 0 Å². The molecular weight excluding hydrogens is 377 g/mol. The van der Waals surface area contributed by atoms with Gasteiger partial charge < -0.3 is 9.47 Å². The first-order chi connectivity index (χ1) is 14.7. The molecule has 30 heavy (non-hydrogen) atoms. The highest BCUT2D eigenvalue weighted by atomic mass is 19.1. The minimum atomic E-state index is -0.371. The van der Waals surface area contributed by atoms with Crippen LogP contribution in [0.15, 0.2) is 78.9 Å². The molecule has 0 saturated carbocycles. The molecule has 1 saturated heterocycles. The number of imidazole rings is 1. The van der Waals surface area contributed by atoms with Crippen LogP contribution in [0.5, 0.6) is 0 Å². The average Bonchev–Trinajstić information content (AvgIpc) is 3.34. The molecule has 5 heteroatoms. The predicted octanol–water partition coefficient (Wildman–Crippen LogP) is 4.94. The molecule has 3 aromatic carbocycles. The standard InChI is InChI=1S/C25H22FN3O/c26-20-10-4-6-12-22(20)29-17-19(16-24(29)30)25-27-21-11-5-7-13-23(21)28(25)15-14-18-8-2-1-3-9-18/h1-13,19H,14-17H2. The van der Waals surface area contributed by atoms with Crippen molar-refractivity contribution in [2.24, 2.45) is 0 Å². The lowest BCUT2D eigenvalue weighted by Crippen LogP contribution is -2.25. The van der Waals surface area contributed by atoms with Crippen LogP contribution in [0, 0.1) is 5.82 Å². The van der Waals surface area contributed by atoms with Crippen molar-refractivity contribution in [1.82, 2.24) is 9.55 Å². The highest BCUT2D eigenvalue weighted by Crippen LogP contribution is 2.34. The van der Waals surface area contributed by atoms with E-state index in [4.69, 9.17) is 4.98 Å². The fourth-order valence-corrected chi connectivity index (χ4v) is 4.31. The summed E-state index contributed by atoms with van der Waals surface area (Å²) < 4.78 is 16.5. The Balaban J connectivity index is 1.48. The van der Waals surface area contributed by atoms with Gasteiger partial charge in [-0.15, -0.1) is 0 Å². The summed E-state index contributed by atoms with van der Waals surface area (Å²) in [6.07, 6.45) is 1.22. The van der Waals surface area contributed by atoms with Crippen LogP contribution in [0.3, 0.4) is 0 Å². The summed E-state index contributed by atoms with van der Waals surface area (Å²) in [7, 11) is 0. The van der Waals surface area contributed by atoms with Crippen LogP contribution in [0.25, 0.3) is 11.0 Å². The molecule has 1 amide bonds. The van der Waals surface area contributed by atoms with Gasteiger partial charge in [-0.2, -0.15) is 0 Å². The zero-order chi connectivity index (χ0) is 20.5. The smallest absolute Gasteiger partial charge is 0.227 e. The number of fused-ring (bicyclic) bond motifs is 1. The summed E-state index contributed by atoms with van der Waals surface area (Å²) in [4.78, 5) is 19.2. The molecule has 0 aliphatic carbocycles. The normalized spacial score (nSPS) is 16.5. The molecule has 1 atom stereocenters. The highest BCUT2D eigenvalue weighted by Gasteiger charge is 2.35. The Labute approximate surface area is 174 Å². The molecule has 5 rings (SSSR count). The van der Waals surface area contributed by atoms with Crippen LogP contribution in [0.4, 0.5) is 10.1 Å². The lowest BCUT2D eigenvalue weighted by Gasteiger charge is -2.18. The van der Waals surface area contributed by atoms with Crippen LogP contribution in [-0.4, -0.2) is 22.0 Å². The Morgan fingerprint density at radius 3 is 2.50 bits per heavy atom. The number of hydrogen-bond acceptors (Lipinski definition) is 2. The van der Waals surface area contributed by atoms with Gasteiger partial charge >= 0.3 is 0 Å². The Bertz CT molecular complexity index is 1200. The van der Waals surface area contributed by atoms with Crippen molar-refractivity contribution in [3.05, 3.63) is 96.1 Å². The van der Waals surface area contributed by atoms with Gasteiger partial charge in [-0.25, -0.2) is 9.37 Å². The third kappa shape index (κ3) is 3.36. The van der Waals surface area contributed by atoms with Crippen LogP contribution < -0.4 is 4.90 Å². The third-order valence-electron chi connectivity index (χ3n) is 5.78. The van der Waals surface area contributed by atoms with E-state index >= 15 is 0 Å². The van der Waals surface area contributed by atoms with Crippen molar-refractivity contribution in [2.75, 3.05) is 11.4 Å². The van der Waals surface area contributed by atoms with Crippen LogP contribution in [0.2, 0.25) is 0 Å². The molecule has 1 fully saturated rings. The molecule has 150 valence electrons. The topological polar surface area (TPSA) is 38.1 Å². The number of carbonyl (C=O) groups excluding carboxylic acids is 1. The number of hydrogen-bond donors (Lipinski definition) is 0. The van der Waals surface area contributed by atoms with Gasteiger partial charge in [0.15, 0.2) is 0 Å². The lowest BCUT2D eigenvalue weighted by atomic mass is 10.1. The largest absolute Gasteiger partial charge is 0.327 e. The van der Waals surface area contributed by atoms with E-state index in [0.717, 1.165) is 29.8 Å². The summed E-state index contributed by atoms with van der Waals surface area (Å²) in [5, 5.41) is 0. The van der Waals surface area contributed by atoms with Gasteiger partial charge in [0, 0.05) is 25.4 Å². The molecule has 1 aliphatic rings. The third-order valence-corrected chi connectivity index (χ3v) is 5.78. The van der Waals surface area contributed by atoms with E-state index in [-0.39, 0.29) is 17.6 Å². The van der Waals surface area contributed by atoms with Crippen molar-refractivity contribution in [1.29, 1.82) is 0 Å². The Morgan fingerprint density at radius 1 is 0.933 bits per heavy atom. The highest BCUT2D eigenvalue weighted by molar-refractivity contribution is 5.96. The number of halogens is 1. The summed E-state index contributed by atoms with van der Waals surface area (Å²) >= 11 is 0. The summed E-state index contributed by atoms with van der Waals surface area (Å²) in [6, 6.07) is 24.9. The van der Waals surface area contributed by atoms with Gasteiger partial charge in [0.2, 0.25) is 5.91 Å². The Hall–Kier alpha value is -3.47. The first-order valence-corrected chi connectivity index (χ1v) is 10.2. The molecule has 1 unspecified atom stereocenters. The number of benzene rings is 3. The van der Waals surface area contributed by atoms with Crippen LogP contribution in [0.1, 0.15) is 23.7 Å². The number of carbonyl (C=O) groups is 1. The zero-order valence-corrected chi connectivity index (χ0v) is 16.5. The molecule has 0 bridgehead atoms. The maximum absolute atomic E-state index is 14.3. The molecule has 4 aromatic rings. The molecule has 2 heterocycles. The van der Waals surface area contributed by atoms with Gasteiger partial charge in [-0.05, 0) is 36.2 Å². The molecule has 1 aromatic heterocycles. The first kappa shape index (κ1) is 18.6. The van der Waals surface area contributed by atoms with Gasteiger partial charge in [-0.3, -0.25) is 4.79 Å². The van der Waals surface area contributed by atoms with Crippen molar-refractivity contribution in [2.45, 2.75) is 25.3 Å². The lowest BCUT2D eigenvalue weighted by molar-refractivity contribution is -0.117. The predicted molar refractivity (Wildman–Crippen MR) is 116 cm³/mol. The number of para-hydroxylation sites is 3. The molecule has 1 aliphatic heterocycles. The van der Waals surface area contributed by atoms with Crippen molar-refractivity contribution >= 4 is 22.6 Å². The maximum atomic E-state index is 14.3. The second kappa shape index (κ2) is 7.75. The zero-order valence-electron chi connectivity index (χ0n) is 16.5. The Morgan fingerprint density at radius 2 is 1.67 bits per heavy atom. The second-order valence-electron chi connectivity index (χ2n) is 7.70. The van der Waals surface area contributed by atoms with Gasteiger partial charge in [0.05, 0.1) is 16.7 Å². The van der Waals surface area contributed by atoms with Crippen LogP contribution in [-0.2, 0) is 17.8 Å². The van der Waals surface area contributed by atoms with E-state index in [1.54, 1.807) is 23.1 Å². The van der Waals surface area contributed by atoms with E-state index in [1.165, 1.54) is 11.6 Å². The van der Waals surface area contributed by atoms with Crippen LogP contribution >= 0.6 is 0 Å². The number of aromatic nitrogens is 2. The number of rotatable bonds is 5. The van der Waals surface area contributed by atoms with Crippen molar-refractivity contribution < 1.29 is 9.18 Å². The van der Waals surface area contributed by atoms with Crippen molar-refractivity contribution in [3.63, 3.8) is 0 Å². The quantitative estimate of drug-likeness (QED) is 0.477.